The monoisotopic (exact) mass is 1190 g/mol. The van der Waals surface area contributed by atoms with Crippen molar-refractivity contribution in [3.63, 3.8) is 0 Å². The number of alkyl halides is 6. The van der Waals surface area contributed by atoms with E-state index in [0.717, 1.165) is 51.1 Å². The van der Waals surface area contributed by atoms with Crippen molar-refractivity contribution in [1.29, 1.82) is 0 Å². The van der Waals surface area contributed by atoms with Gasteiger partial charge in [0.25, 0.3) is 0 Å². The minimum atomic E-state index is -5.29. The minimum Gasteiger partial charge on any atom is -0.497 e. The molecule has 80 heavy (non-hydrogen) atoms. The molecule has 16 heteroatoms. The Bertz CT molecular complexity index is 3690. The van der Waals surface area contributed by atoms with Crippen LogP contribution in [0.25, 0.3) is 52.9 Å². The Morgan fingerprint density at radius 3 is 1.00 bits per heavy atom. The Morgan fingerprint density at radius 1 is 0.412 bits per heavy atom. The maximum Gasteiger partial charge on any atom is 0.342 e. The van der Waals surface area contributed by atoms with Gasteiger partial charge in [-0.2, -0.15) is 17.6 Å². The van der Waals surface area contributed by atoms with Gasteiger partial charge in [0.05, 0.1) is 14.2 Å². The van der Waals surface area contributed by atoms with Crippen LogP contribution in [0.15, 0.2) is 206 Å². The van der Waals surface area contributed by atoms with Crippen LogP contribution in [0.3, 0.4) is 0 Å². The maximum atomic E-state index is 17.5. The Labute approximate surface area is 486 Å². The molecule has 0 radical (unpaired) electrons. The standard InChI is InChI=1S/C64H44Cl4F6N2O2S2/c1-77-53-31-7-41(8-32-53)61-55(35-58(79-61)39-3-19-47(20-4-39)75(49-23-11-43(65)12-24-49)50-25-13-44(66)14-26-50)57(37-69)60(64(73,74)63(71,72)38-70)56-36-59(80-62(56)42-9-33-54(78-2)34-10-42)40-5-21-48(22-6-40)76(51-27-15-45(67)16-28-51)52-29-17-46(68)18-30-52/h3-36H,37-38H2,1-2H3/b60-57+. The predicted octanol–water partition coefficient (Wildman–Crippen LogP) is 22.2. The summed E-state index contributed by atoms with van der Waals surface area (Å²) in [7, 11) is 2.95. The second kappa shape index (κ2) is 23.9. The molecule has 0 aliphatic heterocycles. The number of hydrogen-bond donors (Lipinski definition) is 0. The molecular formula is C64H44Cl4F6N2O2S2. The first-order valence-electron chi connectivity index (χ1n) is 24.6. The van der Waals surface area contributed by atoms with Gasteiger partial charge in [-0.3, -0.25) is 0 Å². The summed E-state index contributed by atoms with van der Waals surface area (Å²) in [5.74, 6) is -9.65. The topological polar surface area (TPSA) is 24.9 Å². The van der Waals surface area contributed by atoms with E-state index in [1.807, 2.05) is 94.7 Å². The van der Waals surface area contributed by atoms with Crippen LogP contribution in [0.5, 0.6) is 11.5 Å². The summed E-state index contributed by atoms with van der Waals surface area (Å²) in [4.78, 5) is 5.24. The zero-order chi connectivity index (χ0) is 56.3. The molecule has 0 amide bonds. The van der Waals surface area contributed by atoms with Gasteiger partial charge in [-0.25, -0.2) is 8.78 Å². The summed E-state index contributed by atoms with van der Waals surface area (Å²) in [5, 5.41) is 2.17. The predicted molar refractivity (Wildman–Crippen MR) is 322 cm³/mol. The van der Waals surface area contributed by atoms with Crippen LogP contribution in [0.4, 0.5) is 60.5 Å². The molecule has 0 N–H and O–H groups in total. The lowest BCUT2D eigenvalue weighted by Gasteiger charge is -2.29. The summed E-state index contributed by atoms with van der Waals surface area (Å²) < 4.78 is 109. The van der Waals surface area contributed by atoms with Crippen molar-refractivity contribution in [2.45, 2.75) is 11.8 Å². The number of nitrogens with zero attached hydrogens (tertiary/aromatic N) is 2. The first-order valence-corrected chi connectivity index (χ1v) is 27.8. The van der Waals surface area contributed by atoms with Gasteiger partial charge >= 0.3 is 11.8 Å². The summed E-state index contributed by atoms with van der Waals surface area (Å²) in [5.41, 5.74) is 3.90. The second-order valence-electron chi connectivity index (χ2n) is 18.2. The van der Waals surface area contributed by atoms with Crippen LogP contribution >= 0.6 is 69.1 Å². The number of allylic oxidation sites excluding steroid dienone is 2. The molecule has 10 aromatic rings. The number of halogens is 10. The number of anilines is 6. The molecule has 404 valence electrons. The summed E-state index contributed by atoms with van der Waals surface area (Å²) >= 11 is 27.3. The third-order valence-corrected chi connectivity index (χ3v) is 16.8. The smallest absolute Gasteiger partial charge is 0.342 e. The zero-order valence-electron chi connectivity index (χ0n) is 42.4. The Balaban J connectivity index is 1.16. The van der Waals surface area contributed by atoms with E-state index in [2.05, 4.69) is 0 Å². The zero-order valence-corrected chi connectivity index (χ0v) is 47.0. The Hall–Kier alpha value is -7.16. The fourth-order valence-electron chi connectivity index (χ4n) is 9.26. The van der Waals surface area contributed by atoms with Crippen molar-refractivity contribution in [3.05, 3.63) is 237 Å². The lowest BCUT2D eigenvalue weighted by molar-refractivity contribution is -0.180. The van der Waals surface area contributed by atoms with Crippen molar-refractivity contribution in [1.82, 2.24) is 0 Å². The third-order valence-electron chi connectivity index (χ3n) is 13.3. The van der Waals surface area contributed by atoms with E-state index in [9.17, 15) is 4.39 Å². The number of hydrogen-bond acceptors (Lipinski definition) is 6. The molecule has 4 nitrogen and oxygen atoms in total. The van der Waals surface area contributed by atoms with Crippen LogP contribution in [0.1, 0.15) is 11.1 Å². The lowest BCUT2D eigenvalue weighted by Crippen LogP contribution is -2.43. The van der Waals surface area contributed by atoms with Gasteiger partial charge in [-0.1, -0.05) is 70.7 Å². The molecule has 0 spiro atoms. The third kappa shape index (κ3) is 11.6. The van der Waals surface area contributed by atoms with Gasteiger partial charge in [-0.05, 0) is 204 Å². The largest absolute Gasteiger partial charge is 0.497 e. The van der Waals surface area contributed by atoms with Crippen molar-refractivity contribution in [2.75, 3.05) is 37.4 Å². The van der Waals surface area contributed by atoms with Crippen LogP contribution in [0, 0.1) is 0 Å². The molecule has 2 aromatic heterocycles. The summed E-state index contributed by atoms with van der Waals surface area (Å²) in [6.45, 7) is -4.37. The van der Waals surface area contributed by atoms with Crippen LogP contribution in [-0.4, -0.2) is 39.4 Å². The highest BCUT2D eigenvalue weighted by molar-refractivity contribution is 7.19. The van der Waals surface area contributed by atoms with Crippen LogP contribution in [-0.2, 0) is 0 Å². The number of thiophene rings is 2. The molecule has 0 aliphatic carbocycles. The summed E-state index contributed by atoms with van der Waals surface area (Å²) in [6.07, 6.45) is 0. The highest BCUT2D eigenvalue weighted by atomic mass is 35.5. The molecule has 0 unspecified atom stereocenters. The van der Waals surface area contributed by atoms with Crippen molar-refractivity contribution < 1.29 is 35.8 Å². The molecule has 0 atom stereocenters. The second-order valence-corrected chi connectivity index (χ2v) is 22.1. The van der Waals surface area contributed by atoms with Crippen molar-refractivity contribution in [3.8, 4) is 53.3 Å². The number of methoxy groups -OCH3 is 2. The number of benzene rings is 8. The number of ether oxygens (including phenoxy) is 2. The van der Waals surface area contributed by atoms with Gasteiger partial charge in [0.1, 0.15) is 18.2 Å². The first kappa shape index (κ1) is 56.1. The van der Waals surface area contributed by atoms with E-state index < -0.39 is 41.9 Å². The van der Waals surface area contributed by atoms with Gasteiger partial charge in [0, 0.05) is 96.0 Å². The molecule has 0 aliphatic rings. The Morgan fingerprint density at radius 2 is 0.700 bits per heavy atom. The molecule has 0 saturated heterocycles. The molecule has 0 bridgehead atoms. The minimum absolute atomic E-state index is 0.0858. The molecule has 10 rings (SSSR count). The van der Waals surface area contributed by atoms with E-state index in [1.165, 1.54) is 26.4 Å². The highest BCUT2D eigenvalue weighted by Gasteiger charge is 2.60. The average Bonchev–Trinajstić information content (AvgIpc) is 4.17. The summed E-state index contributed by atoms with van der Waals surface area (Å²) in [6, 6.07) is 59.6. The van der Waals surface area contributed by atoms with Gasteiger partial charge < -0.3 is 19.3 Å². The molecule has 8 aromatic carbocycles. The van der Waals surface area contributed by atoms with E-state index in [4.69, 9.17) is 55.9 Å². The number of rotatable bonds is 18. The maximum absolute atomic E-state index is 17.5. The molecule has 2 heterocycles. The van der Waals surface area contributed by atoms with Crippen LogP contribution < -0.4 is 19.3 Å². The SMILES string of the molecule is COc1ccc(-c2sc(-c3ccc(N(c4ccc(Cl)cc4)c4ccc(Cl)cc4)cc3)cc2/C(CF)=C(\c2cc(-c3ccc(N(c4ccc(Cl)cc4)c4ccc(Cl)cc4)cc3)sc2-c2ccc(OC)cc2)C(F)(F)C(F)(F)CF)cc1. The van der Waals surface area contributed by atoms with E-state index in [-0.39, 0.29) is 10.4 Å². The van der Waals surface area contributed by atoms with E-state index >= 15 is 22.0 Å². The van der Waals surface area contributed by atoms with Crippen LogP contribution in [0.2, 0.25) is 20.1 Å². The lowest BCUT2D eigenvalue weighted by atomic mass is 9.86. The van der Waals surface area contributed by atoms with Gasteiger partial charge in [0.15, 0.2) is 6.67 Å². The van der Waals surface area contributed by atoms with E-state index in [0.29, 0.717) is 74.2 Å². The van der Waals surface area contributed by atoms with E-state index in [1.54, 1.807) is 109 Å². The quantitative estimate of drug-likeness (QED) is 0.0800. The van der Waals surface area contributed by atoms with Gasteiger partial charge in [-0.15, -0.1) is 22.7 Å². The van der Waals surface area contributed by atoms with Crippen molar-refractivity contribution >= 4 is 114 Å². The van der Waals surface area contributed by atoms with Crippen molar-refractivity contribution in [2.24, 2.45) is 0 Å². The normalized spacial score (nSPS) is 12.1. The fourth-order valence-corrected chi connectivity index (χ4v) is 12.1. The first-order chi connectivity index (χ1) is 38.6. The molecule has 0 saturated carbocycles. The highest BCUT2D eigenvalue weighted by Crippen LogP contribution is 2.55. The van der Waals surface area contributed by atoms with Gasteiger partial charge in [0.2, 0.25) is 0 Å². The molecule has 0 fully saturated rings. The Kier molecular flexibility index (Phi) is 16.8. The average molecular weight is 1190 g/mol. The fraction of sp³-hybridized carbons (Fsp3) is 0.0938. The molecular weight excluding hydrogens is 1150 g/mol.